The van der Waals surface area contributed by atoms with Gasteiger partial charge in [-0.05, 0) is 17.7 Å². The van der Waals surface area contributed by atoms with Crippen molar-refractivity contribution in [2.75, 3.05) is 5.32 Å². The van der Waals surface area contributed by atoms with E-state index in [2.05, 4.69) is 10.3 Å². The summed E-state index contributed by atoms with van der Waals surface area (Å²) in [6, 6.07) is 7.53. The van der Waals surface area contributed by atoms with Crippen molar-refractivity contribution < 1.29 is 4.79 Å². The van der Waals surface area contributed by atoms with Crippen LogP contribution in [-0.4, -0.2) is 15.5 Å². The maximum atomic E-state index is 11.9. The molecule has 1 amide bonds. The molecule has 1 heterocycles. The van der Waals surface area contributed by atoms with E-state index in [1.807, 2.05) is 42.0 Å². The molecule has 1 aromatic carbocycles. The maximum absolute atomic E-state index is 11.9. The minimum atomic E-state index is -0.0619. The van der Waals surface area contributed by atoms with Gasteiger partial charge in [0.2, 0.25) is 5.91 Å². The molecule has 5 heteroatoms. The smallest absolute Gasteiger partial charge is 0.244 e. The minimum absolute atomic E-state index is 0.0619. The fourth-order valence-corrected chi connectivity index (χ4v) is 1.88. The third-order valence-corrected chi connectivity index (χ3v) is 2.91. The molecule has 0 fully saturated rings. The van der Waals surface area contributed by atoms with Crippen LogP contribution in [0.4, 0.5) is 5.69 Å². The molecular formula is C14H18N4O. The number of hydrogen-bond acceptors (Lipinski definition) is 3. The summed E-state index contributed by atoms with van der Waals surface area (Å²) in [5.74, 6) is 0.849. The number of nitrogens with zero attached hydrogens (tertiary/aromatic N) is 2. The molecule has 5 nitrogen and oxygen atoms in total. The maximum Gasteiger partial charge on any atom is 0.244 e. The van der Waals surface area contributed by atoms with Gasteiger partial charge >= 0.3 is 0 Å². The number of nitrogens with one attached hydrogen (secondary N) is 1. The molecule has 0 bridgehead atoms. The number of benzene rings is 1. The van der Waals surface area contributed by atoms with E-state index >= 15 is 0 Å². The first kappa shape index (κ1) is 13.3. The Morgan fingerprint density at radius 1 is 1.37 bits per heavy atom. The standard InChI is InChI=1S/C14H18N4O/c1-2-13-16-7-8-18(13)10-14(19)17-12-5-3-11(9-15)4-6-12/h3-8H,2,9-10,15H2,1H3,(H,17,19). The fraction of sp³-hybridized carbons (Fsp3) is 0.286. The SMILES string of the molecule is CCc1nccn1CC(=O)Nc1ccc(CN)cc1. The average Bonchev–Trinajstić information content (AvgIpc) is 2.86. The lowest BCUT2D eigenvalue weighted by Gasteiger charge is -2.08. The summed E-state index contributed by atoms with van der Waals surface area (Å²) in [5, 5.41) is 2.85. The van der Waals surface area contributed by atoms with Gasteiger partial charge in [-0.15, -0.1) is 0 Å². The van der Waals surface area contributed by atoms with Crippen molar-refractivity contribution in [2.45, 2.75) is 26.4 Å². The highest BCUT2D eigenvalue weighted by Gasteiger charge is 2.06. The van der Waals surface area contributed by atoms with E-state index < -0.39 is 0 Å². The second-order valence-corrected chi connectivity index (χ2v) is 4.27. The number of aromatic nitrogens is 2. The molecule has 2 aromatic rings. The second kappa shape index (κ2) is 6.15. The topological polar surface area (TPSA) is 72.9 Å². The van der Waals surface area contributed by atoms with E-state index in [-0.39, 0.29) is 12.5 Å². The quantitative estimate of drug-likeness (QED) is 0.854. The lowest BCUT2D eigenvalue weighted by molar-refractivity contribution is -0.116. The van der Waals surface area contributed by atoms with Crippen LogP contribution >= 0.6 is 0 Å². The largest absolute Gasteiger partial charge is 0.326 e. The number of rotatable bonds is 5. The Morgan fingerprint density at radius 3 is 2.74 bits per heavy atom. The van der Waals surface area contributed by atoms with Gasteiger partial charge in [0.1, 0.15) is 12.4 Å². The fourth-order valence-electron chi connectivity index (χ4n) is 1.88. The van der Waals surface area contributed by atoms with Crippen molar-refractivity contribution in [3.05, 3.63) is 48.0 Å². The Hall–Kier alpha value is -2.14. The second-order valence-electron chi connectivity index (χ2n) is 4.27. The first-order chi connectivity index (χ1) is 9.22. The normalized spacial score (nSPS) is 10.4. The molecule has 0 spiro atoms. The Bertz CT molecular complexity index is 545. The number of nitrogens with two attached hydrogens (primary N) is 1. The zero-order valence-corrected chi connectivity index (χ0v) is 11.0. The molecule has 0 atom stereocenters. The van der Waals surface area contributed by atoms with Crippen LogP contribution in [-0.2, 0) is 24.3 Å². The van der Waals surface area contributed by atoms with Crippen molar-refractivity contribution >= 4 is 11.6 Å². The number of aryl methyl sites for hydroxylation is 1. The van der Waals surface area contributed by atoms with Crippen molar-refractivity contribution in [1.82, 2.24) is 9.55 Å². The Labute approximate surface area is 112 Å². The highest BCUT2D eigenvalue weighted by molar-refractivity contribution is 5.90. The van der Waals surface area contributed by atoms with Gasteiger partial charge in [0.15, 0.2) is 0 Å². The summed E-state index contributed by atoms with van der Waals surface area (Å²) in [5.41, 5.74) is 7.35. The summed E-state index contributed by atoms with van der Waals surface area (Å²) >= 11 is 0. The van der Waals surface area contributed by atoms with Crippen LogP contribution in [0.2, 0.25) is 0 Å². The van der Waals surface area contributed by atoms with E-state index in [4.69, 9.17) is 5.73 Å². The summed E-state index contributed by atoms with van der Waals surface area (Å²) in [7, 11) is 0. The monoisotopic (exact) mass is 258 g/mol. The van der Waals surface area contributed by atoms with Gasteiger partial charge in [-0.3, -0.25) is 4.79 Å². The van der Waals surface area contributed by atoms with Gasteiger partial charge in [-0.1, -0.05) is 19.1 Å². The molecule has 3 N–H and O–H groups in total. The van der Waals surface area contributed by atoms with Crippen molar-refractivity contribution in [3.8, 4) is 0 Å². The van der Waals surface area contributed by atoms with Crippen molar-refractivity contribution in [2.24, 2.45) is 5.73 Å². The van der Waals surface area contributed by atoms with Crippen LogP contribution in [0.15, 0.2) is 36.7 Å². The Kier molecular flexibility index (Phi) is 4.30. The molecule has 0 saturated carbocycles. The molecule has 0 aliphatic heterocycles. The molecular weight excluding hydrogens is 240 g/mol. The van der Waals surface area contributed by atoms with E-state index in [1.165, 1.54) is 0 Å². The lowest BCUT2D eigenvalue weighted by Crippen LogP contribution is -2.19. The summed E-state index contributed by atoms with van der Waals surface area (Å²) in [6.07, 6.45) is 4.34. The third-order valence-electron chi connectivity index (χ3n) is 2.91. The first-order valence-electron chi connectivity index (χ1n) is 6.31. The number of imidazole rings is 1. The molecule has 0 saturated heterocycles. The number of carbonyl (C=O) groups is 1. The van der Waals surface area contributed by atoms with Crippen LogP contribution in [0.5, 0.6) is 0 Å². The van der Waals surface area contributed by atoms with Crippen molar-refractivity contribution in [1.29, 1.82) is 0 Å². The van der Waals surface area contributed by atoms with E-state index in [1.54, 1.807) is 6.20 Å². The molecule has 0 aliphatic rings. The molecule has 1 aromatic heterocycles. The molecule has 0 radical (unpaired) electrons. The van der Waals surface area contributed by atoms with Crippen LogP contribution in [0.3, 0.4) is 0 Å². The highest BCUT2D eigenvalue weighted by Crippen LogP contribution is 2.09. The molecule has 0 unspecified atom stereocenters. The lowest BCUT2D eigenvalue weighted by atomic mass is 10.2. The zero-order chi connectivity index (χ0) is 13.7. The highest BCUT2D eigenvalue weighted by atomic mass is 16.1. The van der Waals surface area contributed by atoms with Crippen LogP contribution in [0, 0.1) is 0 Å². The van der Waals surface area contributed by atoms with Crippen molar-refractivity contribution in [3.63, 3.8) is 0 Å². The predicted molar refractivity (Wildman–Crippen MR) is 74.6 cm³/mol. The predicted octanol–water partition coefficient (Wildman–Crippen LogP) is 1.54. The van der Waals surface area contributed by atoms with E-state index in [0.29, 0.717) is 6.54 Å². The van der Waals surface area contributed by atoms with Gasteiger partial charge in [-0.2, -0.15) is 0 Å². The first-order valence-corrected chi connectivity index (χ1v) is 6.31. The van der Waals surface area contributed by atoms with Crippen LogP contribution < -0.4 is 11.1 Å². The van der Waals surface area contributed by atoms with Gasteiger partial charge in [0.25, 0.3) is 0 Å². The van der Waals surface area contributed by atoms with Gasteiger partial charge in [0.05, 0.1) is 0 Å². The van der Waals surface area contributed by atoms with E-state index in [9.17, 15) is 4.79 Å². The molecule has 100 valence electrons. The minimum Gasteiger partial charge on any atom is -0.326 e. The number of anilines is 1. The van der Waals surface area contributed by atoms with Gasteiger partial charge in [0, 0.05) is 31.0 Å². The average molecular weight is 258 g/mol. The third kappa shape index (κ3) is 3.42. The summed E-state index contributed by atoms with van der Waals surface area (Å²) in [6.45, 7) is 2.80. The molecule has 2 rings (SSSR count). The van der Waals surface area contributed by atoms with E-state index in [0.717, 1.165) is 23.5 Å². The van der Waals surface area contributed by atoms with Crippen LogP contribution in [0.1, 0.15) is 18.3 Å². The zero-order valence-electron chi connectivity index (χ0n) is 11.0. The molecule has 19 heavy (non-hydrogen) atoms. The molecule has 0 aliphatic carbocycles. The summed E-state index contributed by atoms with van der Waals surface area (Å²) < 4.78 is 1.85. The Morgan fingerprint density at radius 2 is 2.11 bits per heavy atom. The van der Waals surface area contributed by atoms with Crippen LogP contribution in [0.25, 0.3) is 0 Å². The number of hydrogen-bond donors (Lipinski definition) is 2. The van der Waals surface area contributed by atoms with Gasteiger partial charge < -0.3 is 15.6 Å². The Balaban J connectivity index is 1.97. The number of carbonyl (C=O) groups excluding carboxylic acids is 1. The van der Waals surface area contributed by atoms with Gasteiger partial charge in [-0.25, -0.2) is 4.98 Å². The number of amides is 1. The summed E-state index contributed by atoms with van der Waals surface area (Å²) in [4.78, 5) is 16.1.